The molecular formula is C10H9F3N2O3. The number of hydrogen-bond donors (Lipinski definition) is 0. The first-order valence-electron chi connectivity index (χ1n) is 5.34. The summed E-state index contributed by atoms with van der Waals surface area (Å²) in [6.45, 7) is 1.17. The molecule has 2 fully saturated rings. The Labute approximate surface area is 99.5 Å². The molecule has 1 aromatic rings. The number of rotatable bonds is 1. The Balaban J connectivity index is 1.87. The van der Waals surface area contributed by atoms with Crippen LogP contribution in [0.25, 0.3) is 0 Å². The van der Waals surface area contributed by atoms with Crippen LogP contribution in [0.2, 0.25) is 0 Å². The van der Waals surface area contributed by atoms with Crippen LogP contribution >= 0.6 is 0 Å². The van der Waals surface area contributed by atoms with Gasteiger partial charge in [0.05, 0.1) is 18.8 Å². The maximum absolute atomic E-state index is 12.6. The number of hydrogen-bond acceptors (Lipinski definition) is 4. The molecule has 0 bridgehead atoms. The fraction of sp³-hybridized carbons (Fsp3) is 0.600. The monoisotopic (exact) mass is 262 g/mol. The Morgan fingerprint density at radius 3 is 2.61 bits per heavy atom. The minimum Gasteiger partial charge on any atom is -0.438 e. The van der Waals surface area contributed by atoms with Gasteiger partial charge in [-0.2, -0.15) is 13.2 Å². The van der Waals surface area contributed by atoms with Gasteiger partial charge < -0.3 is 14.1 Å². The Hall–Kier alpha value is -1.57. The Bertz CT molecular complexity index is 487. The lowest BCUT2D eigenvalue weighted by Gasteiger charge is -2.57. The molecule has 2 aliphatic rings. The molecule has 3 rings (SSSR count). The summed E-state index contributed by atoms with van der Waals surface area (Å²) in [5.74, 6) is -2.08. The molecule has 1 aromatic heterocycles. The molecule has 8 heteroatoms. The molecule has 0 atom stereocenters. The molecular weight excluding hydrogens is 253 g/mol. The maximum Gasteiger partial charge on any atom is 0.452 e. The van der Waals surface area contributed by atoms with E-state index in [1.54, 1.807) is 0 Å². The van der Waals surface area contributed by atoms with E-state index >= 15 is 0 Å². The fourth-order valence-corrected chi connectivity index (χ4v) is 2.22. The van der Waals surface area contributed by atoms with Crippen LogP contribution in [0.1, 0.15) is 22.7 Å². The van der Waals surface area contributed by atoms with E-state index in [4.69, 9.17) is 4.74 Å². The average Bonchev–Trinajstić information content (AvgIpc) is 2.60. The van der Waals surface area contributed by atoms with Crippen LogP contribution in [0.15, 0.2) is 10.8 Å². The van der Waals surface area contributed by atoms with Crippen LogP contribution in [0, 0.1) is 0 Å². The van der Waals surface area contributed by atoms with E-state index in [0.29, 0.717) is 26.2 Å². The molecule has 0 radical (unpaired) electrons. The number of aromatic nitrogens is 1. The summed E-state index contributed by atoms with van der Waals surface area (Å²) < 4.78 is 47.0. The van der Waals surface area contributed by atoms with Crippen LogP contribution in [-0.4, -0.2) is 41.1 Å². The summed E-state index contributed by atoms with van der Waals surface area (Å²) in [6, 6.07) is 0. The van der Waals surface area contributed by atoms with E-state index in [1.165, 1.54) is 4.90 Å². The zero-order chi connectivity index (χ0) is 13.0. The average molecular weight is 262 g/mol. The van der Waals surface area contributed by atoms with Crippen molar-refractivity contribution in [2.24, 2.45) is 0 Å². The lowest BCUT2D eigenvalue weighted by atomic mass is 9.82. The summed E-state index contributed by atoms with van der Waals surface area (Å²) >= 11 is 0. The maximum atomic E-state index is 12.6. The molecule has 18 heavy (non-hydrogen) atoms. The van der Waals surface area contributed by atoms with Crippen LogP contribution in [0.5, 0.6) is 0 Å². The number of amides is 1. The Kier molecular flexibility index (Phi) is 2.22. The van der Waals surface area contributed by atoms with Crippen molar-refractivity contribution in [3.63, 3.8) is 0 Å². The van der Waals surface area contributed by atoms with Gasteiger partial charge in [0.25, 0.3) is 5.91 Å². The zero-order valence-corrected chi connectivity index (χ0v) is 9.16. The molecule has 0 aromatic carbocycles. The molecule has 2 aliphatic heterocycles. The molecule has 0 aliphatic carbocycles. The van der Waals surface area contributed by atoms with Crippen molar-refractivity contribution < 1.29 is 27.1 Å². The molecule has 0 saturated carbocycles. The van der Waals surface area contributed by atoms with Gasteiger partial charge in [-0.05, 0) is 6.42 Å². The van der Waals surface area contributed by atoms with E-state index in [1.807, 2.05) is 0 Å². The fourth-order valence-electron chi connectivity index (χ4n) is 2.22. The number of carbonyl (C=O) groups excluding carboxylic acids is 1. The SMILES string of the molecule is O=C(c1ncoc1C(F)(F)F)N1CCC12COC2. The van der Waals surface area contributed by atoms with Crippen molar-refractivity contribution in [3.05, 3.63) is 17.8 Å². The minimum atomic E-state index is -4.71. The van der Waals surface area contributed by atoms with Gasteiger partial charge in [0.2, 0.25) is 5.76 Å². The molecule has 0 N–H and O–H groups in total. The van der Waals surface area contributed by atoms with Gasteiger partial charge in [0.15, 0.2) is 12.1 Å². The van der Waals surface area contributed by atoms with Crippen molar-refractivity contribution in [1.29, 1.82) is 0 Å². The lowest BCUT2D eigenvalue weighted by Crippen LogP contribution is -2.72. The van der Waals surface area contributed by atoms with Crippen LogP contribution in [0.4, 0.5) is 13.2 Å². The molecule has 2 saturated heterocycles. The van der Waals surface area contributed by atoms with Gasteiger partial charge in [0, 0.05) is 6.54 Å². The molecule has 1 amide bonds. The summed E-state index contributed by atoms with van der Waals surface area (Å²) in [6.07, 6.45) is -3.33. The normalized spacial score (nSPS) is 21.6. The van der Waals surface area contributed by atoms with Gasteiger partial charge >= 0.3 is 6.18 Å². The predicted molar refractivity (Wildman–Crippen MR) is 50.7 cm³/mol. The van der Waals surface area contributed by atoms with E-state index in [-0.39, 0.29) is 0 Å². The molecule has 98 valence electrons. The Morgan fingerprint density at radius 1 is 1.44 bits per heavy atom. The largest absolute Gasteiger partial charge is 0.452 e. The molecule has 0 unspecified atom stereocenters. The number of alkyl halides is 3. The summed E-state index contributed by atoms with van der Waals surface area (Å²) in [5, 5.41) is 0. The number of oxazole rings is 1. The van der Waals surface area contributed by atoms with Crippen molar-refractivity contribution in [1.82, 2.24) is 9.88 Å². The van der Waals surface area contributed by atoms with Crippen LogP contribution in [-0.2, 0) is 10.9 Å². The second-order valence-electron chi connectivity index (χ2n) is 4.45. The summed E-state index contributed by atoms with van der Waals surface area (Å²) in [7, 11) is 0. The van der Waals surface area contributed by atoms with Crippen LogP contribution in [0.3, 0.4) is 0 Å². The number of halogens is 3. The zero-order valence-electron chi connectivity index (χ0n) is 9.16. The summed E-state index contributed by atoms with van der Waals surface area (Å²) in [4.78, 5) is 16.8. The van der Waals surface area contributed by atoms with Gasteiger partial charge in [0.1, 0.15) is 0 Å². The quantitative estimate of drug-likeness (QED) is 0.765. The first-order chi connectivity index (χ1) is 8.44. The van der Waals surface area contributed by atoms with Crippen molar-refractivity contribution >= 4 is 5.91 Å². The second-order valence-corrected chi connectivity index (χ2v) is 4.45. The van der Waals surface area contributed by atoms with Crippen molar-refractivity contribution in [2.45, 2.75) is 18.1 Å². The van der Waals surface area contributed by atoms with Gasteiger partial charge in [-0.25, -0.2) is 4.98 Å². The highest BCUT2D eigenvalue weighted by molar-refractivity contribution is 5.94. The van der Waals surface area contributed by atoms with E-state index in [0.717, 1.165) is 6.42 Å². The first-order valence-corrected chi connectivity index (χ1v) is 5.34. The smallest absolute Gasteiger partial charge is 0.438 e. The molecule has 1 spiro atoms. The number of ether oxygens (including phenoxy) is 1. The highest BCUT2D eigenvalue weighted by atomic mass is 19.4. The van der Waals surface area contributed by atoms with Crippen molar-refractivity contribution in [3.8, 4) is 0 Å². The standard InChI is InChI=1S/C10H9F3N2O3/c11-10(12,13)7-6(14-5-18-7)8(16)15-2-1-9(15)3-17-4-9/h5H,1-4H2. The molecule has 5 nitrogen and oxygen atoms in total. The van der Waals surface area contributed by atoms with E-state index in [9.17, 15) is 18.0 Å². The lowest BCUT2D eigenvalue weighted by molar-refractivity contribution is -0.173. The highest BCUT2D eigenvalue weighted by Gasteiger charge is 2.54. The topological polar surface area (TPSA) is 55.6 Å². The second kappa shape index (κ2) is 3.47. The van der Waals surface area contributed by atoms with Gasteiger partial charge in [-0.1, -0.05) is 0 Å². The number of nitrogens with zero attached hydrogens (tertiary/aromatic N) is 2. The van der Waals surface area contributed by atoms with Gasteiger partial charge in [-0.3, -0.25) is 4.79 Å². The number of likely N-dealkylation sites (tertiary alicyclic amines) is 1. The third kappa shape index (κ3) is 1.45. The Morgan fingerprint density at radius 2 is 2.17 bits per heavy atom. The number of carbonyl (C=O) groups is 1. The summed E-state index contributed by atoms with van der Waals surface area (Å²) in [5.41, 5.74) is -1.09. The van der Waals surface area contributed by atoms with Gasteiger partial charge in [-0.15, -0.1) is 0 Å². The van der Waals surface area contributed by atoms with E-state index in [2.05, 4.69) is 9.40 Å². The predicted octanol–water partition coefficient (Wildman–Crippen LogP) is 1.31. The first kappa shape index (κ1) is 11.5. The van der Waals surface area contributed by atoms with Crippen molar-refractivity contribution in [2.75, 3.05) is 19.8 Å². The van der Waals surface area contributed by atoms with Crippen LogP contribution < -0.4 is 0 Å². The molecule has 3 heterocycles. The highest BCUT2D eigenvalue weighted by Crippen LogP contribution is 2.40. The minimum absolute atomic E-state index is 0.373. The third-order valence-corrected chi connectivity index (χ3v) is 3.39. The van der Waals surface area contributed by atoms with E-state index < -0.39 is 29.1 Å². The third-order valence-electron chi connectivity index (χ3n) is 3.39.